The fourth-order valence-electron chi connectivity index (χ4n) is 3.21. The lowest BCUT2D eigenvalue weighted by molar-refractivity contribution is -0.156. The molecule has 0 radical (unpaired) electrons. The lowest BCUT2D eigenvalue weighted by Gasteiger charge is -2.42. The van der Waals surface area contributed by atoms with Crippen LogP contribution in [-0.4, -0.2) is 22.2 Å². The van der Waals surface area contributed by atoms with Gasteiger partial charge in [-0.25, -0.2) is 4.39 Å². The highest BCUT2D eigenvalue weighted by Crippen LogP contribution is 2.49. The van der Waals surface area contributed by atoms with Gasteiger partial charge in [-0.3, -0.25) is 9.59 Å². The van der Waals surface area contributed by atoms with Gasteiger partial charge in [0.25, 0.3) is 0 Å². The predicted molar refractivity (Wildman–Crippen MR) is 74.9 cm³/mol. The smallest absolute Gasteiger partial charge is 0.314 e. The Balaban J connectivity index is 2.56. The highest BCUT2D eigenvalue weighted by Gasteiger charge is 2.52. The van der Waals surface area contributed by atoms with E-state index in [-0.39, 0.29) is 23.4 Å². The monoisotopic (exact) mass is 314 g/mol. The molecule has 2 atom stereocenters. The van der Waals surface area contributed by atoms with Crippen LogP contribution in [0.25, 0.3) is 0 Å². The van der Waals surface area contributed by atoms with E-state index in [4.69, 9.17) is 11.6 Å². The largest absolute Gasteiger partial charge is 0.481 e. The third-order valence-electron chi connectivity index (χ3n) is 4.40. The summed E-state index contributed by atoms with van der Waals surface area (Å²) in [4.78, 5) is 23.3. The number of benzene rings is 1. The van der Waals surface area contributed by atoms with Crippen molar-refractivity contribution in [3.05, 3.63) is 34.6 Å². The van der Waals surface area contributed by atoms with E-state index in [1.165, 1.54) is 19.1 Å². The van der Waals surface area contributed by atoms with Gasteiger partial charge in [0, 0.05) is 10.6 Å². The topological polar surface area (TPSA) is 74.6 Å². The maximum absolute atomic E-state index is 14.2. The second kappa shape index (κ2) is 5.30. The van der Waals surface area contributed by atoms with Crippen LogP contribution in [0.3, 0.4) is 0 Å². The van der Waals surface area contributed by atoms with Crippen molar-refractivity contribution >= 4 is 23.5 Å². The maximum Gasteiger partial charge on any atom is 0.314 e. The van der Waals surface area contributed by atoms with Crippen LogP contribution in [0.15, 0.2) is 18.2 Å². The van der Waals surface area contributed by atoms with Crippen LogP contribution in [0.4, 0.5) is 4.39 Å². The number of carboxylic acids is 2. The van der Waals surface area contributed by atoms with Gasteiger partial charge < -0.3 is 10.2 Å². The Hall–Kier alpha value is -1.62. The van der Waals surface area contributed by atoms with E-state index in [1.54, 1.807) is 0 Å². The molecule has 6 heteroatoms. The van der Waals surface area contributed by atoms with Crippen molar-refractivity contribution in [1.82, 2.24) is 0 Å². The highest BCUT2D eigenvalue weighted by molar-refractivity contribution is 6.30. The number of hydrogen-bond donors (Lipinski definition) is 2. The van der Waals surface area contributed by atoms with Crippen molar-refractivity contribution < 1.29 is 24.2 Å². The first-order chi connectivity index (χ1) is 9.71. The molecule has 1 aromatic rings. The first kappa shape index (κ1) is 15.8. The molecular weight excluding hydrogens is 299 g/mol. The fourth-order valence-corrected chi connectivity index (χ4v) is 3.37. The van der Waals surface area contributed by atoms with Gasteiger partial charge in [-0.1, -0.05) is 24.1 Å². The summed E-state index contributed by atoms with van der Waals surface area (Å²) in [5.41, 5.74) is -2.70. The van der Waals surface area contributed by atoms with Crippen molar-refractivity contribution in [1.29, 1.82) is 0 Å². The lowest BCUT2D eigenvalue weighted by atomic mass is 9.60. The van der Waals surface area contributed by atoms with E-state index < -0.39 is 28.6 Å². The molecule has 0 amide bonds. The molecule has 1 aliphatic rings. The quantitative estimate of drug-likeness (QED) is 0.896. The summed E-state index contributed by atoms with van der Waals surface area (Å²) in [7, 11) is 0. The summed E-state index contributed by atoms with van der Waals surface area (Å²) in [6, 6.07) is 3.84. The van der Waals surface area contributed by atoms with Gasteiger partial charge in [0.05, 0.1) is 10.8 Å². The van der Waals surface area contributed by atoms with Crippen molar-refractivity contribution in [3.8, 4) is 0 Å². The zero-order chi connectivity index (χ0) is 15.8. The number of carboxylic acid groups (broad SMARTS) is 2. The van der Waals surface area contributed by atoms with E-state index in [2.05, 4.69) is 0 Å². The van der Waals surface area contributed by atoms with E-state index in [0.29, 0.717) is 12.8 Å². The zero-order valence-electron chi connectivity index (χ0n) is 11.5. The molecule has 1 aliphatic carbocycles. The maximum atomic E-state index is 14.2. The molecule has 1 aromatic carbocycles. The van der Waals surface area contributed by atoms with Gasteiger partial charge in [-0.2, -0.15) is 0 Å². The predicted octanol–water partition coefficient (Wildman–Crippen LogP) is 3.47. The van der Waals surface area contributed by atoms with Gasteiger partial charge in [0.2, 0.25) is 0 Å². The first-order valence-corrected chi connectivity index (χ1v) is 7.01. The van der Waals surface area contributed by atoms with Gasteiger partial charge >= 0.3 is 11.9 Å². The molecular formula is C15H16ClFO4. The van der Waals surface area contributed by atoms with Crippen LogP contribution >= 0.6 is 11.6 Å². The minimum atomic E-state index is -1.53. The Bertz CT molecular complexity index is 603. The molecule has 1 saturated carbocycles. The molecule has 0 aromatic heterocycles. The van der Waals surface area contributed by atoms with Crippen LogP contribution in [0, 0.1) is 11.2 Å². The molecule has 0 bridgehead atoms. The molecule has 2 N–H and O–H groups in total. The summed E-state index contributed by atoms with van der Waals surface area (Å²) in [6.45, 7) is 1.51. The summed E-state index contributed by atoms with van der Waals surface area (Å²) >= 11 is 5.71. The molecule has 0 aliphatic heterocycles. The normalized spacial score (nSPS) is 29.1. The second-order valence-electron chi connectivity index (χ2n) is 5.91. The highest BCUT2D eigenvalue weighted by atomic mass is 35.5. The lowest BCUT2D eigenvalue weighted by Crippen LogP contribution is -2.47. The number of hydrogen-bond acceptors (Lipinski definition) is 2. The summed E-state index contributed by atoms with van der Waals surface area (Å²) in [6.07, 6.45) is 0.872. The molecule has 21 heavy (non-hydrogen) atoms. The number of carbonyl (C=O) groups is 2. The van der Waals surface area contributed by atoms with E-state index >= 15 is 0 Å². The van der Waals surface area contributed by atoms with Crippen LogP contribution in [-0.2, 0) is 15.0 Å². The van der Waals surface area contributed by atoms with Gasteiger partial charge in [-0.05, 0) is 38.3 Å². The van der Waals surface area contributed by atoms with Crippen LogP contribution in [0.2, 0.25) is 5.02 Å². The van der Waals surface area contributed by atoms with E-state index in [0.717, 1.165) is 6.07 Å². The second-order valence-corrected chi connectivity index (χ2v) is 6.34. The Kier molecular flexibility index (Phi) is 3.97. The molecule has 2 unspecified atom stereocenters. The molecule has 0 saturated heterocycles. The molecule has 0 heterocycles. The molecule has 114 valence electrons. The zero-order valence-corrected chi connectivity index (χ0v) is 12.3. The Morgan fingerprint density at radius 3 is 2.43 bits per heavy atom. The molecule has 1 fully saturated rings. The number of rotatable bonds is 3. The summed E-state index contributed by atoms with van der Waals surface area (Å²) < 4.78 is 14.2. The van der Waals surface area contributed by atoms with Crippen molar-refractivity contribution in [3.63, 3.8) is 0 Å². The third kappa shape index (κ3) is 2.62. The summed E-state index contributed by atoms with van der Waals surface area (Å²) in [5.74, 6) is -2.96. The fraction of sp³-hybridized carbons (Fsp3) is 0.467. The van der Waals surface area contributed by atoms with Crippen molar-refractivity contribution in [2.45, 2.75) is 38.0 Å². The Morgan fingerprint density at radius 2 is 1.90 bits per heavy atom. The Morgan fingerprint density at radius 1 is 1.24 bits per heavy atom. The van der Waals surface area contributed by atoms with E-state index in [1.807, 2.05) is 0 Å². The van der Waals surface area contributed by atoms with Crippen LogP contribution < -0.4 is 0 Å². The average molecular weight is 315 g/mol. The molecule has 0 spiro atoms. The van der Waals surface area contributed by atoms with Crippen molar-refractivity contribution in [2.24, 2.45) is 5.41 Å². The average Bonchev–Trinajstić information content (AvgIpc) is 2.38. The molecule has 4 nitrogen and oxygen atoms in total. The third-order valence-corrected chi connectivity index (χ3v) is 4.63. The molecule has 2 rings (SSSR count). The van der Waals surface area contributed by atoms with Gasteiger partial charge in [0.15, 0.2) is 0 Å². The first-order valence-electron chi connectivity index (χ1n) is 6.64. The van der Waals surface area contributed by atoms with Crippen molar-refractivity contribution in [2.75, 3.05) is 0 Å². The van der Waals surface area contributed by atoms with Gasteiger partial charge in [-0.15, -0.1) is 0 Å². The van der Waals surface area contributed by atoms with Crippen LogP contribution in [0.1, 0.15) is 38.2 Å². The SMILES string of the molecule is CC1(C(=O)O)CCCC(C(=O)O)(c2ccc(Cl)cc2F)C1. The standard InChI is InChI=1S/C15H16ClFO4/c1-14(12(18)19)5-2-6-15(8-14,13(20)21)10-4-3-9(16)7-11(10)17/h3-4,7H,2,5-6,8H2,1H3,(H,18,19)(H,20,21). The minimum Gasteiger partial charge on any atom is -0.481 e. The van der Waals surface area contributed by atoms with Crippen LogP contribution in [0.5, 0.6) is 0 Å². The Labute approximate surface area is 126 Å². The van der Waals surface area contributed by atoms with Gasteiger partial charge in [0.1, 0.15) is 5.82 Å². The van der Waals surface area contributed by atoms with E-state index in [9.17, 15) is 24.2 Å². The summed E-state index contributed by atoms with van der Waals surface area (Å²) in [5, 5.41) is 19.2. The minimum absolute atomic E-state index is 0.00609. The number of aliphatic carboxylic acids is 2. The number of halogens is 2.